The lowest BCUT2D eigenvalue weighted by Crippen LogP contribution is -2.33. The highest BCUT2D eigenvalue weighted by atomic mass is 16.5. The van der Waals surface area contributed by atoms with E-state index in [1.165, 1.54) is 12.2 Å². The van der Waals surface area contributed by atoms with Crippen LogP contribution >= 0.6 is 0 Å². The molecule has 1 N–H and O–H groups in total. The number of hydrogen-bond donors (Lipinski definition) is 1. The number of carbonyl (C=O) groups excluding carboxylic acids is 3. The Kier molecular flexibility index (Phi) is 10.3. The van der Waals surface area contributed by atoms with Crippen molar-refractivity contribution in [2.24, 2.45) is 9.98 Å². The molecule has 0 rings (SSSR count). The highest BCUT2D eigenvalue weighted by Crippen LogP contribution is 2.05. The average Bonchev–Trinajstić information content (AvgIpc) is 2.34. The third-order valence-corrected chi connectivity index (χ3v) is 2.08. The fourth-order valence-corrected chi connectivity index (χ4v) is 1.29. The van der Waals surface area contributed by atoms with Gasteiger partial charge in [0, 0.05) is 0 Å². The standard InChI is InChI=1S/C11H17N3O4/c1-2-18-11(17)14-10(13-9-16)6-4-3-5-7-12-8-15/h10H,2-7H2,1H3,(H,14,17). The van der Waals surface area contributed by atoms with Gasteiger partial charge in [0.2, 0.25) is 12.2 Å². The van der Waals surface area contributed by atoms with Crippen LogP contribution in [0.2, 0.25) is 0 Å². The molecule has 0 saturated heterocycles. The maximum atomic E-state index is 11.1. The third kappa shape index (κ3) is 9.27. The van der Waals surface area contributed by atoms with E-state index < -0.39 is 12.3 Å². The molecule has 1 amide bonds. The Labute approximate surface area is 105 Å². The molecule has 1 unspecified atom stereocenters. The molecule has 0 aliphatic heterocycles. The first-order chi connectivity index (χ1) is 8.74. The smallest absolute Gasteiger partial charge is 0.408 e. The van der Waals surface area contributed by atoms with E-state index in [9.17, 15) is 14.4 Å². The summed E-state index contributed by atoms with van der Waals surface area (Å²) in [5.74, 6) is 0. The molecular weight excluding hydrogens is 238 g/mol. The van der Waals surface area contributed by atoms with Crippen LogP contribution in [0.3, 0.4) is 0 Å². The maximum Gasteiger partial charge on any atom is 0.408 e. The van der Waals surface area contributed by atoms with E-state index in [1.54, 1.807) is 6.92 Å². The van der Waals surface area contributed by atoms with Gasteiger partial charge in [-0.25, -0.2) is 19.4 Å². The van der Waals surface area contributed by atoms with Gasteiger partial charge in [0.05, 0.1) is 13.2 Å². The van der Waals surface area contributed by atoms with E-state index in [0.717, 1.165) is 19.3 Å². The van der Waals surface area contributed by atoms with Crippen LogP contribution in [-0.4, -0.2) is 37.6 Å². The number of amides is 1. The van der Waals surface area contributed by atoms with Crippen LogP contribution in [0, 0.1) is 0 Å². The summed E-state index contributed by atoms with van der Waals surface area (Å²) >= 11 is 0. The summed E-state index contributed by atoms with van der Waals surface area (Å²) in [7, 11) is 0. The zero-order valence-electron chi connectivity index (χ0n) is 10.3. The minimum atomic E-state index is -0.615. The number of nitrogens with zero attached hydrogens (tertiary/aromatic N) is 2. The van der Waals surface area contributed by atoms with Crippen molar-refractivity contribution in [3.05, 3.63) is 0 Å². The fraction of sp³-hybridized carbons (Fsp3) is 0.727. The second-order valence-corrected chi connectivity index (χ2v) is 3.42. The number of nitrogens with one attached hydrogen (secondary N) is 1. The second kappa shape index (κ2) is 11.5. The number of ether oxygens (including phenoxy) is 1. The monoisotopic (exact) mass is 255 g/mol. The van der Waals surface area contributed by atoms with Crippen LogP contribution in [-0.2, 0) is 14.3 Å². The van der Waals surface area contributed by atoms with Gasteiger partial charge in [0.15, 0.2) is 0 Å². The molecule has 0 spiro atoms. The Morgan fingerprint density at radius 3 is 2.67 bits per heavy atom. The molecule has 7 nitrogen and oxygen atoms in total. The van der Waals surface area contributed by atoms with E-state index in [1.807, 2.05) is 0 Å². The van der Waals surface area contributed by atoms with Gasteiger partial charge in [-0.2, -0.15) is 4.99 Å². The van der Waals surface area contributed by atoms with Crippen LogP contribution in [0.5, 0.6) is 0 Å². The van der Waals surface area contributed by atoms with Crippen molar-refractivity contribution in [1.82, 2.24) is 5.32 Å². The van der Waals surface area contributed by atoms with Crippen molar-refractivity contribution in [1.29, 1.82) is 0 Å². The van der Waals surface area contributed by atoms with Crippen molar-refractivity contribution >= 4 is 18.3 Å². The number of isocyanates is 2. The first-order valence-corrected chi connectivity index (χ1v) is 5.78. The molecule has 0 aromatic heterocycles. The number of carbonyl (C=O) groups is 1. The van der Waals surface area contributed by atoms with Crippen molar-refractivity contribution in [2.75, 3.05) is 13.2 Å². The first-order valence-electron chi connectivity index (χ1n) is 5.78. The average molecular weight is 255 g/mol. The molecule has 7 heteroatoms. The zero-order chi connectivity index (χ0) is 13.6. The van der Waals surface area contributed by atoms with Gasteiger partial charge in [-0.3, -0.25) is 5.32 Å². The van der Waals surface area contributed by atoms with Gasteiger partial charge in [-0.05, 0) is 26.2 Å². The lowest BCUT2D eigenvalue weighted by Gasteiger charge is -2.12. The van der Waals surface area contributed by atoms with E-state index >= 15 is 0 Å². The van der Waals surface area contributed by atoms with Gasteiger partial charge in [0.25, 0.3) is 0 Å². The van der Waals surface area contributed by atoms with Crippen molar-refractivity contribution < 1.29 is 19.1 Å². The summed E-state index contributed by atoms with van der Waals surface area (Å²) < 4.78 is 4.68. The van der Waals surface area contributed by atoms with Crippen LogP contribution in [0.15, 0.2) is 9.98 Å². The number of aliphatic imine (C=N–C) groups is 2. The van der Waals surface area contributed by atoms with Gasteiger partial charge >= 0.3 is 6.09 Å². The molecule has 18 heavy (non-hydrogen) atoms. The Balaban J connectivity index is 3.86. The SMILES string of the molecule is CCOC(=O)NC(CCCCCN=C=O)N=C=O. The zero-order valence-corrected chi connectivity index (χ0v) is 10.3. The molecule has 0 saturated carbocycles. The highest BCUT2D eigenvalue weighted by molar-refractivity contribution is 5.67. The van der Waals surface area contributed by atoms with Crippen molar-refractivity contribution in [3.63, 3.8) is 0 Å². The molecule has 0 radical (unpaired) electrons. The minimum Gasteiger partial charge on any atom is -0.450 e. The van der Waals surface area contributed by atoms with E-state index in [4.69, 9.17) is 0 Å². The molecule has 0 fully saturated rings. The highest BCUT2D eigenvalue weighted by Gasteiger charge is 2.10. The van der Waals surface area contributed by atoms with E-state index in [0.29, 0.717) is 13.0 Å². The summed E-state index contributed by atoms with van der Waals surface area (Å²) in [5, 5.41) is 2.44. The number of unbranched alkanes of at least 4 members (excludes halogenated alkanes) is 2. The molecule has 1 atom stereocenters. The van der Waals surface area contributed by atoms with Crippen molar-refractivity contribution in [3.8, 4) is 0 Å². The molecular formula is C11H17N3O4. The Morgan fingerprint density at radius 2 is 2.06 bits per heavy atom. The summed E-state index contributed by atoms with van der Waals surface area (Å²) in [6, 6.07) is 0. The summed E-state index contributed by atoms with van der Waals surface area (Å²) in [4.78, 5) is 38.0. The van der Waals surface area contributed by atoms with Crippen LogP contribution in [0.1, 0.15) is 32.6 Å². The van der Waals surface area contributed by atoms with Crippen molar-refractivity contribution in [2.45, 2.75) is 38.8 Å². The summed E-state index contributed by atoms with van der Waals surface area (Å²) in [6.07, 6.45) is 4.49. The quantitative estimate of drug-likeness (QED) is 0.381. The normalized spacial score (nSPS) is 10.7. The molecule has 0 aromatic carbocycles. The Hall–Kier alpha value is -1.97. The second-order valence-electron chi connectivity index (χ2n) is 3.42. The fourth-order valence-electron chi connectivity index (χ4n) is 1.29. The Bertz CT molecular complexity index is 333. The summed E-state index contributed by atoms with van der Waals surface area (Å²) in [6.45, 7) is 2.38. The van der Waals surface area contributed by atoms with Gasteiger partial charge in [-0.15, -0.1) is 0 Å². The topological polar surface area (TPSA) is 97.2 Å². The number of hydrogen-bond acceptors (Lipinski definition) is 6. The van der Waals surface area contributed by atoms with Crippen LogP contribution < -0.4 is 5.32 Å². The molecule has 0 aliphatic rings. The third-order valence-electron chi connectivity index (χ3n) is 2.08. The molecule has 0 heterocycles. The first kappa shape index (κ1) is 16.0. The summed E-state index contributed by atoms with van der Waals surface area (Å²) in [5.41, 5.74) is 0. The molecule has 0 aromatic rings. The van der Waals surface area contributed by atoms with Crippen LogP contribution in [0.4, 0.5) is 4.79 Å². The molecule has 0 aliphatic carbocycles. The molecule has 100 valence electrons. The minimum absolute atomic E-state index is 0.257. The van der Waals surface area contributed by atoms with Gasteiger partial charge in [0.1, 0.15) is 6.17 Å². The van der Waals surface area contributed by atoms with Gasteiger partial charge in [-0.1, -0.05) is 6.42 Å². The maximum absolute atomic E-state index is 11.1. The predicted molar refractivity (Wildman–Crippen MR) is 63.5 cm³/mol. The van der Waals surface area contributed by atoms with E-state index in [2.05, 4.69) is 20.0 Å². The lowest BCUT2D eigenvalue weighted by molar-refractivity contribution is 0.147. The van der Waals surface area contributed by atoms with Gasteiger partial charge < -0.3 is 4.74 Å². The van der Waals surface area contributed by atoms with Crippen LogP contribution in [0.25, 0.3) is 0 Å². The lowest BCUT2D eigenvalue weighted by atomic mass is 10.1. The largest absolute Gasteiger partial charge is 0.450 e. The predicted octanol–water partition coefficient (Wildman–Crippen LogP) is 1.29. The molecule has 0 bridgehead atoms. The van der Waals surface area contributed by atoms with E-state index in [-0.39, 0.29) is 6.61 Å². The Morgan fingerprint density at radius 1 is 1.28 bits per heavy atom. The number of rotatable bonds is 9. The number of alkyl carbamates (subject to hydrolysis) is 1.